The normalized spacial score (nSPS) is 12.5. The predicted octanol–water partition coefficient (Wildman–Crippen LogP) is 4.51. The number of hydrogen-bond donors (Lipinski definition) is 0. The molecule has 0 heterocycles. The minimum Gasteiger partial charge on any atom is -0.479 e. The molecular formula is C12H16BrFO. The molecule has 0 radical (unpaired) electrons. The molecule has 0 fully saturated rings. The van der Waals surface area contributed by atoms with Gasteiger partial charge in [-0.15, -0.1) is 0 Å². The van der Waals surface area contributed by atoms with Gasteiger partial charge in [0.05, 0.1) is 0 Å². The Bertz CT molecular complexity index is 291. The third-order valence-electron chi connectivity index (χ3n) is 2.09. The van der Waals surface area contributed by atoms with E-state index in [1.54, 1.807) is 12.1 Å². The summed E-state index contributed by atoms with van der Waals surface area (Å²) in [6, 6.07) is 6.22. The summed E-state index contributed by atoms with van der Waals surface area (Å²) in [5.41, 5.74) is 0. The van der Waals surface area contributed by atoms with Gasteiger partial charge >= 0.3 is 0 Å². The van der Waals surface area contributed by atoms with Crippen LogP contribution in [0.1, 0.15) is 32.6 Å². The van der Waals surface area contributed by atoms with Crippen molar-refractivity contribution in [2.75, 3.05) is 0 Å². The predicted molar refractivity (Wildman–Crippen MR) is 63.9 cm³/mol. The highest BCUT2D eigenvalue weighted by Gasteiger charge is 2.05. The van der Waals surface area contributed by atoms with Crippen LogP contribution in [0.2, 0.25) is 0 Å². The van der Waals surface area contributed by atoms with E-state index < -0.39 is 0 Å². The fourth-order valence-electron chi connectivity index (χ4n) is 1.30. The van der Waals surface area contributed by atoms with Crippen molar-refractivity contribution in [3.63, 3.8) is 0 Å². The standard InChI is InChI=1S/C12H16BrFO/c1-2-3-4-8-12(13)15-11-7-5-6-10(14)9-11/h5-7,9,12H,2-4,8H2,1H3. The van der Waals surface area contributed by atoms with Gasteiger partial charge in [0, 0.05) is 6.07 Å². The first kappa shape index (κ1) is 12.5. The smallest absolute Gasteiger partial charge is 0.153 e. The molecule has 1 rings (SSSR count). The number of unbranched alkanes of at least 4 members (excludes halogenated alkanes) is 2. The number of rotatable bonds is 6. The molecule has 0 aliphatic carbocycles. The largest absolute Gasteiger partial charge is 0.479 e. The average molecular weight is 275 g/mol. The van der Waals surface area contributed by atoms with Crippen LogP contribution < -0.4 is 4.74 Å². The lowest BCUT2D eigenvalue weighted by molar-refractivity contribution is 0.277. The molecule has 1 aromatic rings. The summed E-state index contributed by atoms with van der Waals surface area (Å²) in [5.74, 6) is 0.314. The zero-order chi connectivity index (χ0) is 11.1. The van der Waals surface area contributed by atoms with Crippen LogP contribution in [0.15, 0.2) is 24.3 Å². The van der Waals surface area contributed by atoms with E-state index in [-0.39, 0.29) is 10.8 Å². The van der Waals surface area contributed by atoms with E-state index in [1.807, 2.05) is 0 Å². The molecule has 84 valence electrons. The average Bonchev–Trinajstić information content (AvgIpc) is 2.18. The highest BCUT2D eigenvalue weighted by Crippen LogP contribution is 2.19. The lowest BCUT2D eigenvalue weighted by Gasteiger charge is -2.12. The second-order valence-electron chi connectivity index (χ2n) is 3.48. The summed E-state index contributed by atoms with van der Waals surface area (Å²) in [5, 5.41) is -0.0224. The van der Waals surface area contributed by atoms with Crippen LogP contribution in [0.3, 0.4) is 0 Å². The van der Waals surface area contributed by atoms with E-state index in [1.165, 1.54) is 25.0 Å². The SMILES string of the molecule is CCCCCC(Br)Oc1cccc(F)c1. The Morgan fingerprint density at radius 3 is 2.87 bits per heavy atom. The molecule has 0 saturated heterocycles. The molecule has 0 aliphatic heterocycles. The molecule has 0 N–H and O–H groups in total. The van der Waals surface area contributed by atoms with Gasteiger partial charge in [0.2, 0.25) is 0 Å². The summed E-state index contributed by atoms with van der Waals surface area (Å²) in [6.07, 6.45) is 4.47. The van der Waals surface area contributed by atoms with E-state index in [4.69, 9.17) is 4.74 Å². The second-order valence-corrected chi connectivity index (χ2v) is 4.50. The summed E-state index contributed by atoms with van der Waals surface area (Å²) in [6.45, 7) is 2.16. The maximum Gasteiger partial charge on any atom is 0.153 e. The highest BCUT2D eigenvalue weighted by atomic mass is 79.9. The van der Waals surface area contributed by atoms with Gasteiger partial charge in [-0.2, -0.15) is 0 Å². The van der Waals surface area contributed by atoms with Crippen LogP contribution in [-0.2, 0) is 0 Å². The zero-order valence-electron chi connectivity index (χ0n) is 8.88. The summed E-state index contributed by atoms with van der Waals surface area (Å²) < 4.78 is 18.3. The van der Waals surface area contributed by atoms with Gasteiger partial charge in [0.15, 0.2) is 5.01 Å². The molecule has 1 aromatic carbocycles. The maximum atomic E-state index is 12.8. The first-order valence-electron chi connectivity index (χ1n) is 5.28. The Morgan fingerprint density at radius 1 is 1.40 bits per heavy atom. The van der Waals surface area contributed by atoms with Crippen LogP contribution in [-0.4, -0.2) is 5.01 Å². The van der Waals surface area contributed by atoms with Gasteiger partial charge in [-0.05, 0) is 40.9 Å². The van der Waals surface area contributed by atoms with Gasteiger partial charge < -0.3 is 4.74 Å². The fourth-order valence-corrected chi connectivity index (χ4v) is 1.84. The van der Waals surface area contributed by atoms with Gasteiger partial charge in [-0.25, -0.2) is 4.39 Å². The van der Waals surface area contributed by atoms with Crippen molar-refractivity contribution in [2.24, 2.45) is 0 Å². The Hall–Kier alpha value is -0.570. The molecule has 3 heteroatoms. The van der Waals surface area contributed by atoms with Crippen LogP contribution in [0, 0.1) is 5.82 Å². The van der Waals surface area contributed by atoms with Crippen molar-refractivity contribution in [2.45, 2.75) is 37.6 Å². The van der Waals surface area contributed by atoms with E-state index in [2.05, 4.69) is 22.9 Å². The molecule has 0 spiro atoms. The monoisotopic (exact) mass is 274 g/mol. The summed E-state index contributed by atoms with van der Waals surface area (Å²) >= 11 is 3.42. The fraction of sp³-hybridized carbons (Fsp3) is 0.500. The topological polar surface area (TPSA) is 9.23 Å². The van der Waals surface area contributed by atoms with E-state index in [0.717, 1.165) is 12.8 Å². The molecule has 0 bridgehead atoms. The van der Waals surface area contributed by atoms with Gasteiger partial charge in [0.25, 0.3) is 0 Å². The van der Waals surface area contributed by atoms with Crippen molar-refractivity contribution < 1.29 is 9.13 Å². The van der Waals surface area contributed by atoms with Crippen LogP contribution in [0.5, 0.6) is 5.75 Å². The van der Waals surface area contributed by atoms with Crippen molar-refractivity contribution in [1.82, 2.24) is 0 Å². The molecule has 15 heavy (non-hydrogen) atoms. The minimum atomic E-state index is -0.263. The van der Waals surface area contributed by atoms with E-state index in [0.29, 0.717) is 5.75 Å². The third kappa shape index (κ3) is 5.17. The van der Waals surface area contributed by atoms with Gasteiger partial charge in [-0.1, -0.05) is 25.8 Å². The second kappa shape index (κ2) is 6.83. The number of alkyl halides is 1. The molecule has 0 aromatic heterocycles. The molecule has 0 amide bonds. The molecule has 1 unspecified atom stereocenters. The van der Waals surface area contributed by atoms with Crippen molar-refractivity contribution in [3.05, 3.63) is 30.1 Å². The van der Waals surface area contributed by atoms with Gasteiger partial charge in [-0.3, -0.25) is 0 Å². The number of ether oxygens (including phenoxy) is 1. The summed E-state index contributed by atoms with van der Waals surface area (Å²) in [4.78, 5) is 0. The molecule has 0 aliphatic rings. The first-order chi connectivity index (χ1) is 7.22. The first-order valence-corrected chi connectivity index (χ1v) is 6.20. The Kier molecular flexibility index (Phi) is 5.69. The number of hydrogen-bond acceptors (Lipinski definition) is 1. The molecule has 1 nitrogen and oxygen atoms in total. The highest BCUT2D eigenvalue weighted by molar-refractivity contribution is 9.09. The van der Waals surface area contributed by atoms with Crippen molar-refractivity contribution >= 4 is 15.9 Å². The number of benzene rings is 1. The lowest BCUT2D eigenvalue weighted by atomic mass is 10.2. The van der Waals surface area contributed by atoms with Gasteiger partial charge in [0.1, 0.15) is 11.6 Å². The van der Waals surface area contributed by atoms with Crippen molar-refractivity contribution in [3.8, 4) is 5.75 Å². The Labute approximate surface area is 98.8 Å². The van der Waals surface area contributed by atoms with Crippen molar-refractivity contribution in [1.29, 1.82) is 0 Å². The quantitative estimate of drug-likeness (QED) is 0.548. The van der Waals surface area contributed by atoms with Crippen LogP contribution >= 0.6 is 15.9 Å². The summed E-state index contributed by atoms with van der Waals surface area (Å²) in [7, 11) is 0. The zero-order valence-corrected chi connectivity index (χ0v) is 10.5. The van der Waals surface area contributed by atoms with Crippen LogP contribution in [0.4, 0.5) is 4.39 Å². The third-order valence-corrected chi connectivity index (χ3v) is 2.74. The molecule has 0 saturated carbocycles. The Balaban J connectivity index is 2.34. The van der Waals surface area contributed by atoms with E-state index >= 15 is 0 Å². The number of halogens is 2. The van der Waals surface area contributed by atoms with E-state index in [9.17, 15) is 4.39 Å². The Morgan fingerprint density at radius 2 is 2.20 bits per heavy atom. The molecular weight excluding hydrogens is 259 g/mol. The minimum absolute atomic E-state index is 0.0224. The van der Waals surface area contributed by atoms with Crippen LogP contribution in [0.25, 0.3) is 0 Å². The lowest BCUT2D eigenvalue weighted by Crippen LogP contribution is -2.07. The maximum absolute atomic E-state index is 12.8. The molecule has 1 atom stereocenters.